The average Bonchev–Trinajstić information content (AvgIpc) is 2.92. The van der Waals surface area contributed by atoms with Gasteiger partial charge < -0.3 is 11.1 Å². The third kappa shape index (κ3) is 3.15. The van der Waals surface area contributed by atoms with Crippen LogP contribution in [0, 0.1) is 0 Å². The molecule has 0 fully saturated rings. The van der Waals surface area contributed by atoms with Crippen molar-refractivity contribution in [1.29, 1.82) is 0 Å². The quantitative estimate of drug-likeness (QED) is 0.857. The lowest BCUT2D eigenvalue weighted by Gasteiger charge is -2.13. The predicted octanol–water partition coefficient (Wildman–Crippen LogP) is 1.50. The van der Waals surface area contributed by atoms with Gasteiger partial charge in [0.2, 0.25) is 5.91 Å². The van der Waals surface area contributed by atoms with Gasteiger partial charge in [0.25, 0.3) is 0 Å². The second kappa shape index (κ2) is 6.28. The van der Waals surface area contributed by atoms with Gasteiger partial charge in [-0.05, 0) is 34.0 Å². The zero-order valence-electron chi connectivity index (χ0n) is 9.87. The molecule has 2 aromatic heterocycles. The first-order valence-corrected chi connectivity index (χ1v) is 6.64. The molecular weight excluding hydrogens is 246 g/mol. The van der Waals surface area contributed by atoms with Gasteiger partial charge in [-0.1, -0.05) is 6.07 Å². The summed E-state index contributed by atoms with van der Waals surface area (Å²) in [6, 6.07) is 5.71. The fourth-order valence-electron chi connectivity index (χ4n) is 1.68. The van der Waals surface area contributed by atoms with Gasteiger partial charge in [-0.3, -0.25) is 9.78 Å². The molecule has 0 bridgehead atoms. The van der Waals surface area contributed by atoms with Crippen molar-refractivity contribution >= 4 is 17.2 Å². The Labute approximate surface area is 110 Å². The molecule has 5 heteroatoms. The Bertz CT molecular complexity index is 484. The van der Waals surface area contributed by atoms with Gasteiger partial charge in [-0.15, -0.1) is 0 Å². The molecule has 0 radical (unpaired) electrons. The smallest absolute Gasteiger partial charge is 0.229 e. The summed E-state index contributed by atoms with van der Waals surface area (Å²) in [4.78, 5) is 16.0. The van der Waals surface area contributed by atoms with Crippen LogP contribution in [0.5, 0.6) is 0 Å². The van der Waals surface area contributed by atoms with Gasteiger partial charge in [-0.25, -0.2) is 0 Å². The predicted molar refractivity (Wildman–Crippen MR) is 72.2 cm³/mol. The number of hydrogen-bond acceptors (Lipinski definition) is 4. The second-order valence-electron chi connectivity index (χ2n) is 3.92. The van der Waals surface area contributed by atoms with E-state index in [0.29, 0.717) is 13.1 Å². The van der Waals surface area contributed by atoms with Crippen LogP contribution in [0.25, 0.3) is 0 Å². The van der Waals surface area contributed by atoms with Crippen molar-refractivity contribution in [3.63, 3.8) is 0 Å². The molecule has 1 amide bonds. The molecular formula is C13H15N3OS. The number of nitrogens with two attached hydrogens (primary N) is 1. The Balaban J connectivity index is 1.95. The molecule has 0 saturated heterocycles. The Kier molecular flexibility index (Phi) is 4.44. The first kappa shape index (κ1) is 12.7. The van der Waals surface area contributed by atoms with Crippen molar-refractivity contribution < 1.29 is 4.79 Å². The van der Waals surface area contributed by atoms with E-state index in [0.717, 1.165) is 11.1 Å². The molecule has 0 aliphatic carbocycles. The number of thiophene rings is 1. The van der Waals surface area contributed by atoms with Crippen LogP contribution >= 0.6 is 11.3 Å². The van der Waals surface area contributed by atoms with E-state index < -0.39 is 0 Å². The van der Waals surface area contributed by atoms with Crippen molar-refractivity contribution in [2.45, 2.75) is 12.5 Å². The Morgan fingerprint density at radius 1 is 1.50 bits per heavy atom. The summed E-state index contributed by atoms with van der Waals surface area (Å²) in [6.07, 6.45) is 3.45. The molecule has 0 spiro atoms. The minimum absolute atomic E-state index is 0.0419. The molecule has 2 heterocycles. The van der Waals surface area contributed by atoms with E-state index in [-0.39, 0.29) is 11.8 Å². The maximum absolute atomic E-state index is 12.0. The number of rotatable bonds is 5. The van der Waals surface area contributed by atoms with Crippen LogP contribution in [0.2, 0.25) is 0 Å². The zero-order valence-corrected chi connectivity index (χ0v) is 10.7. The van der Waals surface area contributed by atoms with Crippen LogP contribution in [0.4, 0.5) is 0 Å². The third-order valence-corrected chi connectivity index (χ3v) is 3.39. The van der Waals surface area contributed by atoms with Crippen LogP contribution in [-0.4, -0.2) is 17.4 Å². The number of amides is 1. The molecule has 0 aliphatic heterocycles. The van der Waals surface area contributed by atoms with Gasteiger partial charge in [0.1, 0.15) is 0 Å². The number of hydrogen-bond donors (Lipinski definition) is 2. The number of carbonyl (C=O) groups is 1. The molecule has 2 aromatic rings. The topological polar surface area (TPSA) is 68.0 Å². The Morgan fingerprint density at radius 2 is 2.39 bits per heavy atom. The van der Waals surface area contributed by atoms with Gasteiger partial charge in [-0.2, -0.15) is 11.3 Å². The number of nitrogens with one attached hydrogen (secondary N) is 1. The van der Waals surface area contributed by atoms with E-state index in [4.69, 9.17) is 5.73 Å². The molecule has 2 rings (SSSR count). The SMILES string of the molecule is NC[C@@H](C(=O)NCc1cccnc1)c1ccsc1. The van der Waals surface area contributed by atoms with E-state index in [2.05, 4.69) is 10.3 Å². The standard InChI is InChI=1S/C13H15N3OS/c14-6-12(11-3-5-18-9-11)13(17)16-8-10-2-1-4-15-7-10/h1-5,7,9,12H,6,8,14H2,(H,16,17)/t12-/m1/s1. The zero-order chi connectivity index (χ0) is 12.8. The van der Waals surface area contributed by atoms with Crippen LogP contribution < -0.4 is 11.1 Å². The molecule has 4 nitrogen and oxygen atoms in total. The lowest BCUT2D eigenvalue weighted by atomic mass is 10.0. The monoisotopic (exact) mass is 261 g/mol. The normalized spacial score (nSPS) is 12.1. The van der Waals surface area contributed by atoms with Gasteiger partial charge in [0, 0.05) is 25.5 Å². The van der Waals surface area contributed by atoms with Crippen LogP contribution in [0.1, 0.15) is 17.0 Å². The maximum Gasteiger partial charge on any atom is 0.229 e. The van der Waals surface area contributed by atoms with Crippen LogP contribution in [-0.2, 0) is 11.3 Å². The summed E-state index contributed by atoms with van der Waals surface area (Å²) < 4.78 is 0. The highest BCUT2D eigenvalue weighted by Gasteiger charge is 2.18. The maximum atomic E-state index is 12.0. The average molecular weight is 261 g/mol. The number of aromatic nitrogens is 1. The largest absolute Gasteiger partial charge is 0.351 e. The van der Waals surface area contributed by atoms with Gasteiger partial charge >= 0.3 is 0 Å². The van der Waals surface area contributed by atoms with E-state index in [9.17, 15) is 4.79 Å². The molecule has 94 valence electrons. The number of nitrogens with zero attached hydrogens (tertiary/aromatic N) is 1. The summed E-state index contributed by atoms with van der Waals surface area (Å²) in [5.41, 5.74) is 7.62. The van der Waals surface area contributed by atoms with Crippen LogP contribution in [0.3, 0.4) is 0 Å². The van der Waals surface area contributed by atoms with E-state index >= 15 is 0 Å². The number of carbonyl (C=O) groups excluding carboxylic acids is 1. The lowest BCUT2D eigenvalue weighted by molar-refractivity contribution is -0.122. The Hall–Kier alpha value is -1.72. The summed E-state index contributed by atoms with van der Waals surface area (Å²) in [5, 5.41) is 6.79. The van der Waals surface area contributed by atoms with E-state index in [1.165, 1.54) is 0 Å². The fraction of sp³-hybridized carbons (Fsp3) is 0.231. The second-order valence-corrected chi connectivity index (χ2v) is 4.70. The van der Waals surface area contributed by atoms with E-state index in [1.807, 2.05) is 29.0 Å². The minimum Gasteiger partial charge on any atom is -0.351 e. The van der Waals surface area contributed by atoms with Crippen molar-refractivity contribution in [3.05, 3.63) is 52.5 Å². The lowest BCUT2D eigenvalue weighted by Crippen LogP contribution is -2.32. The first-order chi connectivity index (χ1) is 8.81. The Morgan fingerprint density at radius 3 is 3.00 bits per heavy atom. The van der Waals surface area contributed by atoms with Crippen molar-refractivity contribution in [1.82, 2.24) is 10.3 Å². The highest BCUT2D eigenvalue weighted by atomic mass is 32.1. The van der Waals surface area contributed by atoms with Crippen LogP contribution in [0.15, 0.2) is 41.4 Å². The van der Waals surface area contributed by atoms with Gasteiger partial charge in [0.15, 0.2) is 0 Å². The molecule has 0 aliphatic rings. The van der Waals surface area contributed by atoms with Crippen molar-refractivity contribution in [3.8, 4) is 0 Å². The summed E-state index contributed by atoms with van der Waals surface area (Å²) in [5.74, 6) is -0.312. The highest BCUT2D eigenvalue weighted by Crippen LogP contribution is 2.18. The minimum atomic E-state index is -0.270. The molecule has 0 aromatic carbocycles. The molecule has 1 atom stereocenters. The van der Waals surface area contributed by atoms with E-state index in [1.54, 1.807) is 23.7 Å². The molecule has 0 unspecified atom stereocenters. The third-order valence-electron chi connectivity index (χ3n) is 2.69. The summed E-state index contributed by atoms with van der Waals surface area (Å²) in [6.45, 7) is 0.795. The van der Waals surface area contributed by atoms with Crippen molar-refractivity contribution in [2.24, 2.45) is 5.73 Å². The molecule has 3 N–H and O–H groups in total. The fourth-order valence-corrected chi connectivity index (χ4v) is 2.40. The number of pyridine rings is 1. The summed E-state index contributed by atoms with van der Waals surface area (Å²) >= 11 is 1.57. The van der Waals surface area contributed by atoms with Gasteiger partial charge in [0.05, 0.1) is 5.92 Å². The first-order valence-electron chi connectivity index (χ1n) is 5.70. The highest BCUT2D eigenvalue weighted by molar-refractivity contribution is 7.08. The molecule has 0 saturated carbocycles. The van der Waals surface area contributed by atoms with Crippen molar-refractivity contribution in [2.75, 3.05) is 6.54 Å². The molecule has 18 heavy (non-hydrogen) atoms. The summed E-state index contributed by atoms with van der Waals surface area (Å²) in [7, 11) is 0.